The van der Waals surface area contributed by atoms with Crippen LogP contribution in [0.4, 0.5) is 4.39 Å². The van der Waals surface area contributed by atoms with Crippen molar-refractivity contribution in [1.29, 1.82) is 0 Å². The van der Waals surface area contributed by atoms with E-state index in [1.54, 1.807) is 24.3 Å². The van der Waals surface area contributed by atoms with E-state index in [0.717, 1.165) is 11.1 Å². The summed E-state index contributed by atoms with van der Waals surface area (Å²) in [6.07, 6.45) is 0.818. The van der Waals surface area contributed by atoms with Crippen LogP contribution >= 0.6 is 0 Å². The van der Waals surface area contributed by atoms with E-state index in [1.807, 2.05) is 25.1 Å². The predicted octanol–water partition coefficient (Wildman–Crippen LogP) is 5.21. The van der Waals surface area contributed by atoms with E-state index >= 15 is 0 Å². The molecule has 1 amide bonds. The highest BCUT2D eigenvalue weighted by molar-refractivity contribution is 5.97. The first kappa shape index (κ1) is 23.8. The number of carboxylic acid groups (broad SMARTS) is 1. The molecule has 7 heteroatoms. The molecule has 3 rings (SSSR count). The molecule has 3 aromatic carbocycles. The van der Waals surface area contributed by atoms with Crippen molar-refractivity contribution in [3.63, 3.8) is 0 Å². The minimum Gasteiger partial charge on any atom is -0.496 e. The van der Waals surface area contributed by atoms with Gasteiger partial charge in [-0.05, 0) is 60.9 Å². The Balaban J connectivity index is 1.75. The Morgan fingerprint density at radius 3 is 2.42 bits per heavy atom. The van der Waals surface area contributed by atoms with Crippen molar-refractivity contribution in [1.82, 2.24) is 5.32 Å². The molecule has 0 saturated heterocycles. The van der Waals surface area contributed by atoms with Crippen LogP contribution in [0.25, 0.3) is 0 Å². The molecule has 0 bridgehead atoms. The molecule has 2 N–H and O–H groups in total. The van der Waals surface area contributed by atoms with Gasteiger partial charge in [0.25, 0.3) is 5.91 Å². The van der Waals surface area contributed by atoms with Gasteiger partial charge in [0.15, 0.2) is 0 Å². The number of nitrogens with one attached hydrogen (secondary N) is 1. The summed E-state index contributed by atoms with van der Waals surface area (Å²) in [5, 5.41) is 12.2. The van der Waals surface area contributed by atoms with Crippen molar-refractivity contribution in [2.24, 2.45) is 5.92 Å². The van der Waals surface area contributed by atoms with Crippen molar-refractivity contribution in [3.05, 3.63) is 89.2 Å². The molecule has 0 aliphatic heterocycles. The summed E-state index contributed by atoms with van der Waals surface area (Å²) in [5.74, 6) is -0.676. The Morgan fingerprint density at radius 1 is 1.03 bits per heavy atom. The van der Waals surface area contributed by atoms with Crippen LogP contribution in [-0.2, 0) is 17.8 Å². The number of para-hydroxylation sites is 1. The second kappa shape index (κ2) is 11.1. The normalized spacial score (nSPS) is 11.5. The fraction of sp³-hybridized carbons (Fsp3) is 0.231. The lowest BCUT2D eigenvalue weighted by molar-refractivity contribution is -0.141. The Morgan fingerprint density at radius 2 is 1.76 bits per heavy atom. The molecule has 172 valence electrons. The Kier molecular flexibility index (Phi) is 8.02. The monoisotopic (exact) mass is 451 g/mol. The maximum absolute atomic E-state index is 13.2. The molecule has 0 aliphatic carbocycles. The highest BCUT2D eigenvalue weighted by atomic mass is 19.1. The van der Waals surface area contributed by atoms with Gasteiger partial charge in [-0.1, -0.05) is 31.2 Å². The van der Waals surface area contributed by atoms with Crippen molar-refractivity contribution in [2.45, 2.75) is 26.3 Å². The number of methoxy groups -OCH3 is 1. The van der Waals surface area contributed by atoms with Crippen LogP contribution in [0.15, 0.2) is 66.7 Å². The van der Waals surface area contributed by atoms with E-state index in [2.05, 4.69) is 5.32 Å². The van der Waals surface area contributed by atoms with E-state index in [9.17, 15) is 19.1 Å². The standard InChI is InChI=1S/C26H26FNO5/c1-3-18(26(30)31)14-17-8-13-24(32-2)22(15-17)25(29)28-16-19-6-4-5-7-23(19)33-21-11-9-20(27)10-12-21/h4-13,15,18H,3,14,16H2,1-2H3,(H,28,29)(H,30,31)/t18-/m1/s1. The predicted molar refractivity (Wildman–Crippen MR) is 122 cm³/mol. The maximum Gasteiger partial charge on any atom is 0.306 e. The number of benzene rings is 3. The number of halogens is 1. The van der Waals surface area contributed by atoms with Crippen LogP contribution in [0.2, 0.25) is 0 Å². The Hall–Kier alpha value is -3.87. The molecule has 3 aromatic rings. The largest absolute Gasteiger partial charge is 0.496 e. The highest BCUT2D eigenvalue weighted by Gasteiger charge is 2.19. The number of carbonyl (C=O) groups is 2. The van der Waals surface area contributed by atoms with Gasteiger partial charge in [-0.2, -0.15) is 0 Å². The topological polar surface area (TPSA) is 84.9 Å². The third kappa shape index (κ3) is 6.32. The molecule has 1 atom stereocenters. The summed E-state index contributed by atoms with van der Waals surface area (Å²) in [4.78, 5) is 24.3. The fourth-order valence-electron chi connectivity index (χ4n) is 3.40. The van der Waals surface area contributed by atoms with Gasteiger partial charge in [0, 0.05) is 12.1 Å². The second-order valence-corrected chi connectivity index (χ2v) is 7.53. The fourth-order valence-corrected chi connectivity index (χ4v) is 3.40. The van der Waals surface area contributed by atoms with E-state index in [-0.39, 0.29) is 18.3 Å². The van der Waals surface area contributed by atoms with Gasteiger partial charge in [0.1, 0.15) is 23.1 Å². The minimum absolute atomic E-state index is 0.191. The molecule has 6 nitrogen and oxygen atoms in total. The maximum atomic E-state index is 13.2. The summed E-state index contributed by atoms with van der Waals surface area (Å²) in [6, 6.07) is 18.0. The molecule has 0 heterocycles. The van der Waals surface area contributed by atoms with Gasteiger partial charge in [0.2, 0.25) is 0 Å². The number of carbonyl (C=O) groups excluding carboxylic acids is 1. The number of aliphatic carboxylic acids is 1. The number of hydrogen-bond acceptors (Lipinski definition) is 4. The van der Waals surface area contributed by atoms with Crippen LogP contribution in [0.1, 0.15) is 34.8 Å². The molecular weight excluding hydrogens is 425 g/mol. The van der Waals surface area contributed by atoms with Gasteiger partial charge in [0.05, 0.1) is 18.6 Å². The number of ether oxygens (including phenoxy) is 2. The number of hydrogen-bond donors (Lipinski definition) is 2. The zero-order valence-electron chi connectivity index (χ0n) is 18.5. The Labute approximate surface area is 192 Å². The first-order valence-corrected chi connectivity index (χ1v) is 10.6. The lowest BCUT2D eigenvalue weighted by Crippen LogP contribution is -2.24. The van der Waals surface area contributed by atoms with E-state index in [4.69, 9.17) is 9.47 Å². The van der Waals surface area contributed by atoms with Crippen LogP contribution in [0.3, 0.4) is 0 Å². The molecule has 0 radical (unpaired) electrons. The molecule has 0 aliphatic rings. The second-order valence-electron chi connectivity index (χ2n) is 7.53. The summed E-state index contributed by atoms with van der Waals surface area (Å²) < 4.78 is 24.3. The number of rotatable bonds is 10. The third-order valence-corrected chi connectivity index (χ3v) is 5.29. The van der Waals surface area contributed by atoms with Crippen molar-refractivity contribution in [3.8, 4) is 17.2 Å². The average molecular weight is 451 g/mol. The van der Waals surface area contributed by atoms with E-state index in [1.165, 1.54) is 31.4 Å². The summed E-state index contributed by atoms with van der Waals surface area (Å²) in [7, 11) is 1.48. The van der Waals surface area contributed by atoms with Gasteiger partial charge >= 0.3 is 5.97 Å². The van der Waals surface area contributed by atoms with Crippen LogP contribution in [0.5, 0.6) is 17.2 Å². The summed E-state index contributed by atoms with van der Waals surface area (Å²) in [5.41, 5.74) is 1.81. The highest BCUT2D eigenvalue weighted by Crippen LogP contribution is 2.26. The third-order valence-electron chi connectivity index (χ3n) is 5.29. The first-order chi connectivity index (χ1) is 15.9. The molecule has 0 saturated carbocycles. The zero-order valence-corrected chi connectivity index (χ0v) is 18.5. The van der Waals surface area contributed by atoms with Gasteiger partial charge < -0.3 is 19.9 Å². The SMILES string of the molecule is CC[C@H](Cc1ccc(OC)c(C(=O)NCc2ccccc2Oc2ccc(F)cc2)c1)C(=O)O. The lowest BCUT2D eigenvalue weighted by Gasteiger charge is -2.15. The van der Waals surface area contributed by atoms with Crippen molar-refractivity contribution >= 4 is 11.9 Å². The quantitative estimate of drug-likeness (QED) is 0.442. The van der Waals surface area contributed by atoms with Crippen molar-refractivity contribution < 1.29 is 28.6 Å². The van der Waals surface area contributed by atoms with Gasteiger partial charge in [-0.3, -0.25) is 9.59 Å². The molecule has 0 fully saturated rings. The lowest BCUT2D eigenvalue weighted by atomic mass is 9.95. The minimum atomic E-state index is -0.864. The van der Waals surface area contributed by atoms with Crippen LogP contribution in [-0.4, -0.2) is 24.1 Å². The average Bonchev–Trinajstić information content (AvgIpc) is 2.82. The zero-order chi connectivity index (χ0) is 23.8. The summed E-state index contributed by atoms with van der Waals surface area (Å²) >= 11 is 0. The van der Waals surface area contributed by atoms with Crippen LogP contribution < -0.4 is 14.8 Å². The Bertz CT molecular complexity index is 1110. The van der Waals surface area contributed by atoms with Gasteiger partial charge in [-0.15, -0.1) is 0 Å². The van der Waals surface area contributed by atoms with Gasteiger partial charge in [-0.25, -0.2) is 4.39 Å². The van der Waals surface area contributed by atoms with E-state index in [0.29, 0.717) is 35.7 Å². The molecular formula is C26H26FNO5. The first-order valence-electron chi connectivity index (χ1n) is 10.6. The van der Waals surface area contributed by atoms with Crippen molar-refractivity contribution in [2.75, 3.05) is 7.11 Å². The molecule has 0 spiro atoms. The number of carboxylic acids is 1. The van der Waals surface area contributed by atoms with Crippen LogP contribution in [0, 0.1) is 11.7 Å². The molecule has 0 unspecified atom stereocenters. The molecule has 0 aromatic heterocycles. The smallest absolute Gasteiger partial charge is 0.306 e. The number of amides is 1. The van der Waals surface area contributed by atoms with E-state index < -0.39 is 11.9 Å². The molecule has 33 heavy (non-hydrogen) atoms. The summed E-state index contributed by atoms with van der Waals surface area (Å²) in [6.45, 7) is 2.01.